The van der Waals surface area contributed by atoms with Gasteiger partial charge >= 0.3 is 0 Å². The van der Waals surface area contributed by atoms with Crippen LogP contribution in [0, 0.1) is 0 Å². The first-order chi connectivity index (χ1) is 12.1. The Labute approximate surface area is 146 Å². The Balaban J connectivity index is 1.69. The molecule has 2 aromatic heterocycles. The Kier molecular flexibility index (Phi) is 5.13. The first-order valence-corrected chi connectivity index (χ1v) is 8.12. The van der Waals surface area contributed by atoms with Crippen LogP contribution in [-0.2, 0) is 0 Å². The van der Waals surface area contributed by atoms with Crippen molar-refractivity contribution in [1.82, 2.24) is 20.2 Å². The third kappa shape index (κ3) is 4.05. The zero-order valence-electron chi connectivity index (χ0n) is 14.6. The zero-order chi connectivity index (χ0) is 17.8. The van der Waals surface area contributed by atoms with Crippen molar-refractivity contribution in [2.45, 2.75) is 18.6 Å². The molecule has 1 fully saturated rings. The average Bonchev–Trinajstić information content (AvgIpc) is 3.01. The molecule has 25 heavy (non-hydrogen) atoms. The second-order valence-electron chi connectivity index (χ2n) is 6.17. The minimum Gasteiger partial charge on any atom is -0.480 e. The predicted molar refractivity (Wildman–Crippen MR) is 95.2 cm³/mol. The van der Waals surface area contributed by atoms with Crippen LogP contribution in [0.15, 0.2) is 24.5 Å². The molecule has 0 spiro atoms. The Morgan fingerprint density at radius 1 is 1.32 bits per heavy atom. The molecule has 9 nitrogen and oxygen atoms in total. The molecular weight excluding hydrogens is 322 g/mol. The summed E-state index contributed by atoms with van der Waals surface area (Å²) in [5.41, 5.74) is 0. The number of rotatable bonds is 6. The van der Waals surface area contributed by atoms with Gasteiger partial charge in [0.25, 0.3) is 0 Å². The molecule has 0 bridgehead atoms. The number of aliphatic hydroxyl groups is 1. The second-order valence-corrected chi connectivity index (χ2v) is 6.17. The standard InChI is InChI=1S/C16H23N7O2/c1-22(2)14-7-15(19-10-18-14)23-9-12(24)6-11(23)8-17-13-4-5-16(25-3)21-20-13/h4-5,7,10-12,24H,6,8-9H2,1-3H3,(H,17,20)/t11-,12-/m1/s1. The van der Waals surface area contributed by atoms with E-state index in [1.807, 2.05) is 31.1 Å². The lowest BCUT2D eigenvalue weighted by atomic mass is 10.2. The summed E-state index contributed by atoms with van der Waals surface area (Å²) in [6.45, 7) is 1.17. The third-order valence-corrected chi connectivity index (χ3v) is 4.15. The topological polar surface area (TPSA) is 99.5 Å². The highest BCUT2D eigenvalue weighted by Gasteiger charge is 2.32. The van der Waals surface area contributed by atoms with Gasteiger partial charge in [0, 0.05) is 39.3 Å². The van der Waals surface area contributed by atoms with Gasteiger partial charge in [-0.05, 0) is 12.5 Å². The van der Waals surface area contributed by atoms with Crippen LogP contribution in [0.2, 0.25) is 0 Å². The van der Waals surface area contributed by atoms with Gasteiger partial charge in [0.05, 0.1) is 19.3 Å². The lowest BCUT2D eigenvalue weighted by Gasteiger charge is -2.26. The van der Waals surface area contributed by atoms with Crippen LogP contribution in [0.4, 0.5) is 17.5 Å². The predicted octanol–water partition coefficient (Wildman–Crippen LogP) is 0.393. The van der Waals surface area contributed by atoms with Gasteiger partial charge in [-0.25, -0.2) is 9.97 Å². The third-order valence-electron chi connectivity index (χ3n) is 4.15. The van der Waals surface area contributed by atoms with Crippen molar-refractivity contribution in [2.75, 3.05) is 49.4 Å². The van der Waals surface area contributed by atoms with E-state index in [1.54, 1.807) is 19.5 Å². The molecule has 0 aromatic carbocycles. The number of β-amino-alcohol motifs (C(OH)–C–C–N with tert-alkyl or cyclic N) is 1. The molecule has 1 aliphatic heterocycles. The first kappa shape index (κ1) is 17.2. The van der Waals surface area contributed by atoms with E-state index in [1.165, 1.54) is 0 Å². The molecule has 0 radical (unpaired) electrons. The molecule has 134 valence electrons. The van der Waals surface area contributed by atoms with Crippen LogP contribution >= 0.6 is 0 Å². The summed E-state index contributed by atoms with van der Waals surface area (Å²) in [6.07, 6.45) is 1.83. The summed E-state index contributed by atoms with van der Waals surface area (Å²) in [5, 5.41) is 21.4. The fourth-order valence-corrected chi connectivity index (χ4v) is 2.85. The zero-order valence-corrected chi connectivity index (χ0v) is 14.6. The van der Waals surface area contributed by atoms with E-state index < -0.39 is 0 Å². The van der Waals surface area contributed by atoms with Gasteiger partial charge in [-0.15, -0.1) is 10.2 Å². The molecule has 0 unspecified atom stereocenters. The minimum absolute atomic E-state index is 0.101. The maximum absolute atomic E-state index is 10.1. The summed E-state index contributed by atoms with van der Waals surface area (Å²) >= 11 is 0. The number of nitrogens with zero attached hydrogens (tertiary/aromatic N) is 6. The van der Waals surface area contributed by atoms with Crippen LogP contribution in [0.1, 0.15) is 6.42 Å². The Bertz CT molecular complexity index is 695. The molecule has 0 aliphatic carbocycles. The van der Waals surface area contributed by atoms with Crippen LogP contribution in [0.25, 0.3) is 0 Å². The lowest BCUT2D eigenvalue weighted by Crippen LogP contribution is -2.36. The van der Waals surface area contributed by atoms with E-state index in [2.05, 4.69) is 30.4 Å². The highest BCUT2D eigenvalue weighted by Crippen LogP contribution is 2.26. The van der Waals surface area contributed by atoms with Crippen molar-refractivity contribution in [2.24, 2.45) is 0 Å². The number of aromatic nitrogens is 4. The smallest absolute Gasteiger partial charge is 0.233 e. The maximum atomic E-state index is 10.1. The van der Waals surface area contributed by atoms with Crippen molar-refractivity contribution in [3.05, 3.63) is 24.5 Å². The van der Waals surface area contributed by atoms with Gasteiger partial charge in [0.1, 0.15) is 23.8 Å². The molecule has 9 heteroatoms. The summed E-state index contributed by atoms with van der Waals surface area (Å²) in [6, 6.07) is 5.60. The number of anilines is 3. The monoisotopic (exact) mass is 345 g/mol. The van der Waals surface area contributed by atoms with Gasteiger partial charge in [-0.3, -0.25) is 0 Å². The van der Waals surface area contributed by atoms with Gasteiger partial charge in [-0.1, -0.05) is 0 Å². The van der Waals surface area contributed by atoms with Crippen molar-refractivity contribution in [1.29, 1.82) is 0 Å². The highest BCUT2D eigenvalue weighted by molar-refractivity contribution is 5.51. The Hall–Kier alpha value is -2.68. The Morgan fingerprint density at radius 3 is 2.84 bits per heavy atom. The Morgan fingerprint density at radius 2 is 2.16 bits per heavy atom. The van der Waals surface area contributed by atoms with Crippen LogP contribution < -0.4 is 19.9 Å². The van der Waals surface area contributed by atoms with Crippen molar-refractivity contribution in [3.8, 4) is 5.88 Å². The molecule has 0 amide bonds. The van der Waals surface area contributed by atoms with E-state index >= 15 is 0 Å². The van der Waals surface area contributed by atoms with Crippen LogP contribution in [0.3, 0.4) is 0 Å². The van der Waals surface area contributed by atoms with Gasteiger partial charge in [0.2, 0.25) is 5.88 Å². The fraction of sp³-hybridized carbons (Fsp3) is 0.500. The molecular formula is C16H23N7O2. The maximum Gasteiger partial charge on any atom is 0.233 e. The molecule has 3 heterocycles. The number of hydrogen-bond donors (Lipinski definition) is 2. The van der Waals surface area contributed by atoms with Gasteiger partial charge in [-0.2, -0.15) is 0 Å². The van der Waals surface area contributed by atoms with E-state index in [4.69, 9.17) is 4.74 Å². The van der Waals surface area contributed by atoms with E-state index in [0.29, 0.717) is 31.2 Å². The summed E-state index contributed by atoms with van der Waals surface area (Å²) < 4.78 is 5.01. The number of aliphatic hydroxyl groups excluding tert-OH is 1. The molecule has 3 rings (SSSR count). The minimum atomic E-state index is -0.383. The van der Waals surface area contributed by atoms with Crippen LogP contribution in [0.5, 0.6) is 5.88 Å². The summed E-state index contributed by atoms with van der Waals surface area (Å²) in [7, 11) is 5.43. The molecule has 2 aromatic rings. The molecule has 2 atom stereocenters. The van der Waals surface area contributed by atoms with Crippen molar-refractivity contribution in [3.63, 3.8) is 0 Å². The van der Waals surface area contributed by atoms with E-state index in [9.17, 15) is 5.11 Å². The molecule has 2 N–H and O–H groups in total. The highest BCUT2D eigenvalue weighted by atomic mass is 16.5. The average molecular weight is 345 g/mol. The molecule has 0 saturated carbocycles. The van der Waals surface area contributed by atoms with Crippen LogP contribution in [-0.4, -0.2) is 71.7 Å². The lowest BCUT2D eigenvalue weighted by molar-refractivity contribution is 0.194. The normalized spacial score (nSPS) is 19.8. The van der Waals surface area contributed by atoms with Crippen molar-refractivity contribution < 1.29 is 9.84 Å². The SMILES string of the molecule is COc1ccc(NC[C@H]2C[C@@H](O)CN2c2cc(N(C)C)ncn2)nn1. The summed E-state index contributed by atoms with van der Waals surface area (Å²) in [5.74, 6) is 2.78. The van der Waals surface area contributed by atoms with E-state index in [-0.39, 0.29) is 12.1 Å². The summed E-state index contributed by atoms with van der Waals surface area (Å²) in [4.78, 5) is 12.6. The molecule has 1 aliphatic rings. The fourth-order valence-electron chi connectivity index (χ4n) is 2.85. The quantitative estimate of drug-likeness (QED) is 0.770. The first-order valence-electron chi connectivity index (χ1n) is 8.12. The number of ether oxygens (including phenoxy) is 1. The van der Waals surface area contributed by atoms with E-state index in [0.717, 1.165) is 11.6 Å². The molecule has 1 saturated heterocycles. The van der Waals surface area contributed by atoms with Gasteiger partial charge in [0.15, 0.2) is 0 Å². The number of hydrogen-bond acceptors (Lipinski definition) is 9. The largest absolute Gasteiger partial charge is 0.480 e. The number of nitrogens with one attached hydrogen (secondary N) is 1. The van der Waals surface area contributed by atoms with Crippen molar-refractivity contribution >= 4 is 17.5 Å². The van der Waals surface area contributed by atoms with Gasteiger partial charge < -0.3 is 25.0 Å². The second kappa shape index (κ2) is 7.47. The number of methoxy groups -OCH3 is 1.